The second-order valence-corrected chi connectivity index (χ2v) is 6.20. The van der Waals surface area contributed by atoms with Gasteiger partial charge in [0.2, 0.25) is 5.91 Å². The number of hydrogen-bond acceptors (Lipinski definition) is 2. The smallest absolute Gasteiger partial charge is 0.224 e. The van der Waals surface area contributed by atoms with Crippen molar-refractivity contribution in [3.63, 3.8) is 0 Å². The zero-order chi connectivity index (χ0) is 14.0. The lowest BCUT2D eigenvalue weighted by Crippen LogP contribution is -2.53. The third kappa shape index (κ3) is 3.62. The van der Waals surface area contributed by atoms with E-state index in [1.54, 1.807) is 18.2 Å². The van der Waals surface area contributed by atoms with Crippen molar-refractivity contribution < 1.29 is 4.79 Å². The van der Waals surface area contributed by atoms with Gasteiger partial charge in [-0.2, -0.15) is 0 Å². The zero-order valence-electron chi connectivity index (χ0n) is 10.9. The van der Waals surface area contributed by atoms with E-state index >= 15 is 0 Å². The molecular weight excluding hydrogens is 283 g/mol. The Balaban J connectivity index is 2.00. The molecule has 1 saturated carbocycles. The van der Waals surface area contributed by atoms with Gasteiger partial charge >= 0.3 is 0 Å². The van der Waals surface area contributed by atoms with E-state index in [0.717, 1.165) is 18.4 Å². The summed E-state index contributed by atoms with van der Waals surface area (Å²) in [6.07, 6.45) is 2.52. The minimum Gasteiger partial charge on any atom is -0.349 e. The van der Waals surface area contributed by atoms with Gasteiger partial charge in [-0.25, -0.2) is 0 Å². The SMILES string of the molecule is CC(CN)(NC(=O)Cc1ccc(Cl)cc1Cl)C1CC1. The molecule has 1 aliphatic rings. The van der Waals surface area contributed by atoms with E-state index in [9.17, 15) is 4.79 Å². The maximum absolute atomic E-state index is 12.1. The number of halogens is 2. The molecule has 0 radical (unpaired) electrons. The van der Waals surface area contributed by atoms with Crippen molar-refractivity contribution in [3.8, 4) is 0 Å². The third-order valence-electron chi connectivity index (χ3n) is 3.69. The highest BCUT2D eigenvalue weighted by molar-refractivity contribution is 6.35. The fourth-order valence-electron chi connectivity index (χ4n) is 2.24. The number of benzene rings is 1. The Bertz CT molecular complexity index is 488. The molecule has 0 aromatic heterocycles. The summed E-state index contributed by atoms with van der Waals surface area (Å²) in [5.41, 5.74) is 6.26. The Hall–Kier alpha value is -0.770. The van der Waals surface area contributed by atoms with Crippen LogP contribution in [0.25, 0.3) is 0 Å². The fraction of sp³-hybridized carbons (Fsp3) is 0.500. The highest BCUT2D eigenvalue weighted by Gasteiger charge is 2.41. The molecule has 104 valence electrons. The first kappa shape index (κ1) is 14.6. The molecule has 3 nitrogen and oxygen atoms in total. The minimum atomic E-state index is -0.296. The second kappa shape index (κ2) is 5.70. The van der Waals surface area contributed by atoms with E-state index < -0.39 is 0 Å². The van der Waals surface area contributed by atoms with Crippen LogP contribution in [0, 0.1) is 5.92 Å². The Kier molecular flexibility index (Phi) is 4.39. The molecule has 0 spiro atoms. The van der Waals surface area contributed by atoms with Crippen molar-refractivity contribution in [1.82, 2.24) is 5.32 Å². The summed E-state index contributed by atoms with van der Waals surface area (Å²) in [5.74, 6) is 0.450. The second-order valence-electron chi connectivity index (χ2n) is 5.36. The van der Waals surface area contributed by atoms with E-state index in [2.05, 4.69) is 5.32 Å². The predicted octanol–water partition coefficient (Wildman–Crippen LogP) is 2.78. The molecule has 2 rings (SSSR count). The van der Waals surface area contributed by atoms with Crippen LogP contribution in [-0.4, -0.2) is 18.0 Å². The van der Waals surface area contributed by atoms with Crippen LogP contribution in [0.1, 0.15) is 25.3 Å². The number of carbonyl (C=O) groups is 1. The van der Waals surface area contributed by atoms with Gasteiger partial charge in [0.25, 0.3) is 0 Å². The number of carbonyl (C=O) groups excluding carboxylic acids is 1. The summed E-state index contributed by atoms with van der Waals surface area (Å²) in [5, 5.41) is 4.13. The van der Waals surface area contributed by atoms with E-state index in [-0.39, 0.29) is 17.9 Å². The lowest BCUT2D eigenvalue weighted by Gasteiger charge is -2.29. The Labute approximate surface area is 123 Å². The number of nitrogens with one attached hydrogen (secondary N) is 1. The zero-order valence-corrected chi connectivity index (χ0v) is 12.4. The highest BCUT2D eigenvalue weighted by Crippen LogP contribution is 2.39. The molecular formula is C14H18Cl2N2O. The summed E-state index contributed by atoms with van der Waals surface area (Å²) >= 11 is 11.9. The number of amides is 1. The van der Waals surface area contributed by atoms with Gasteiger partial charge in [-0.05, 0) is 43.4 Å². The average Bonchev–Trinajstić information content (AvgIpc) is 3.17. The number of hydrogen-bond donors (Lipinski definition) is 2. The van der Waals surface area contributed by atoms with Gasteiger partial charge in [0.15, 0.2) is 0 Å². The van der Waals surface area contributed by atoms with Crippen LogP contribution in [0.3, 0.4) is 0 Å². The summed E-state index contributed by atoms with van der Waals surface area (Å²) in [7, 11) is 0. The Morgan fingerprint density at radius 1 is 1.47 bits per heavy atom. The summed E-state index contributed by atoms with van der Waals surface area (Å²) in [4.78, 5) is 12.1. The summed E-state index contributed by atoms with van der Waals surface area (Å²) in [6.45, 7) is 2.46. The highest BCUT2D eigenvalue weighted by atomic mass is 35.5. The molecule has 1 fully saturated rings. The van der Waals surface area contributed by atoms with Gasteiger partial charge in [-0.1, -0.05) is 29.3 Å². The molecule has 0 bridgehead atoms. The van der Waals surface area contributed by atoms with Crippen LogP contribution < -0.4 is 11.1 Å². The monoisotopic (exact) mass is 300 g/mol. The molecule has 1 aromatic carbocycles. The van der Waals surface area contributed by atoms with Crippen molar-refractivity contribution in [1.29, 1.82) is 0 Å². The van der Waals surface area contributed by atoms with Crippen LogP contribution in [0.4, 0.5) is 0 Å². The molecule has 1 atom stereocenters. The van der Waals surface area contributed by atoms with Crippen LogP contribution in [0.15, 0.2) is 18.2 Å². The lowest BCUT2D eigenvalue weighted by molar-refractivity contribution is -0.122. The Morgan fingerprint density at radius 2 is 2.16 bits per heavy atom. The van der Waals surface area contributed by atoms with Gasteiger partial charge in [-0.3, -0.25) is 4.79 Å². The molecule has 19 heavy (non-hydrogen) atoms. The first-order valence-corrected chi connectivity index (χ1v) is 7.15. The molecule has 1 amide bonds. The van der Waals surface area contributed by atoms with Gasteiger partial charge < -0.3 is 11.1 Å². The van der Waals surface area contributed by atoms with Crippen molar-refractivity contribution >= 4 is 29.1 Å². The molecule has 5 heteroatoms. The van der Waals surface area contributed by atoms with Crippen LogP contribution in [0.2, 0.25) is 10.0 Å². The molecule has 0 aliphatic heterocycles. The van der Waals surface area contributed by atoms with Crippen LogP contribution in [-0.2, 0) is 11.2 Å². The summed E-state index contributed by atoms with van der Waals surface area (Å²) in [6, 6.07) is 5.16. The number of rotatable bonds is 5. The molecule has 1 aromatic rings. The number of nitrogens with two attached hydrogens (primary N) is 1. The van der Waals surface area contributed by atoms with Gasteiger partial charge in [0.05, 0.1) is 12.0 Å². The van der Waals surface area contributed by atoms with Crippen LogP contribution >= 0.6 is 23.2 Å². The van der Waals surface area contributed by atoms with E-state index in [1.807, 2.05) is 6.92 Å². The molecule has 0 heterocycles. The average molecular weight is 301 g/mol. The van der Waals surface area contributed by atoms with E-state index in [1.165, 1.54) is 0 Å². The fourth-order valence-corrected chi connectivity index (χ4v) is 2.72. The first-order chi connectivity index (χ1) is 8.94. The van der Waals surface area contributed by atoms with E-state index in [0.29, 0.717) is 22.5 Å². The quantitative estimate of drug-likeness (QED) is 0.878. The Morgan fingerprint density at radius 3 is 2.68 bits per heavy atom. The topological polar surface area (TPSA) is 55.1 Å². The van der Waals surface area contributed by atoms with Crippen molar-refractivity contribution in [2.45, 2.75) is 31.7 Å². The molecule has 1 unspecified atom stereocenters. The largest absolute Gasteiger partial charge is 0.349 e. The third-order valence-corrected chi connectivity index (χ3v) is 4.28. The predicted molar refractivity (Wildman–Crippen MR) is 78.5 cm³/mol. The maximum Gasteiger partial charge on any atom is 0.224 e. The van der Waals surface area contributed by atoms with Crippen molar-refractivity contribution in [2.75, 3.05) is 6.54 Å². The van der Waals surface area contributed by atoms with Gasteiger partial charge in [-0.15, -0.1) is 0 Å². The van der Waals surface area contributed by atoms with Crippen molar-refractivity contribution in [2.24, 2.45) is 11.7 Å². The molecule has 1 aliphatic carbocycles. The standard InChI is InChI=1S/C14H18Cl2N2O/c1-14(8-17,10-3-4-10)18-13(19)6-9-2-5-11(15)7-12(9)16/h2,5,7,10H,3-4,6,8,17H2,1H3,(H,18,19). The van der Waals surface area contributed by atoms with Crippen molar-refractivity contribution in [3.05, 3.63) is 33.8 Å². The first-order valence-electron chi connectivity index (χ1n) is 6.39. The lowest BCUT2D eigenvalue weighted by atomic mass is 9.95. The van der Waals surface area contributed by atoms with Gasteiger partial charge in [0, 0.05) is 16.6 Å². The van der Waals surface area contributed by atoms with Gasteiger partial charge in [0.1, 0.15) is 0 Å². The summed E-state index contributed by atoms with van der Waals surface area (Å²) < 4.78 is 0. The van der Waals surface area contributed by atoms with Crippen LogP contribution in [0.5, 0.6) is 0 Å². The normalized spacial score (nSPS) is 17.9. The van der Waals surface area contributed by atoms with E-state index in [4.69, 9.17) is 28.9 Å². The maximum atomic E-state index is 12.1. The minimum absolute atomic E-state index is 0.0518. The molecule has 0 saturated heterocycles. The molecule has 3 N–H and O–H groups in total.